The monoisotopic (exact) mass is 335 g/mol. The van der Waals surface area contributed by atoms with E-state index in [1.54, 1.807) is 5.56 Å². The highest BCUT2D eigenvalue weighted by molar-refractivity contribution is 5.96. The Bertz CT molecular complexity index is 965. The van der Waals surface area contributed by atoms with Gasteiger partial charge in [0.25, 0.3) is 5.65 Å². The molecule has 1 aromatic carbocycles. The van der Waals surface area contributed by atoms with Crippen LogP contribution in [0.1, 0.15) is 70.8 Å². The maximum atomic E-state index is 2.56. The first kappa shape index (κ1) is 16.6. The van der Waals surface area contributed by atoms with Gasteiger partial charge in [0.15, 0.2) is 0 Å². The van der Waals surface area contributed by atoms with Crippen molar-refractivity contribution in [1.29, 1.82) is 0 Å². The molecule has 0 amide bonds. The number of aromatic nitrogens is 2. The minimum atomic E-state index is 0.117. The van der Waals surface area contributed by atoms with Crippen molar-refractivity contribution in [2.45, 2.75) is 78.2 Å². The zero-order valence-electron chi connectivity index (χ0n) is 16.6. The molecule has 132 valence electrons. The Morgan fingerprint density at radius 2 is 1.88 bits per heavy atom. The van der Waals surface area contributed by atoms with Gasteiger partial charge in [0, 0.05) is 12.3 Å². The van der Waals surface area contributed by atoms with Crippen LogP contribution in [0.2, 0.25) is 0 Å². The average Bonchev–Trinajstić information content (AvgIpc) is 2.81. The Morgan fingerprint density at radius 3 is 2.52 bits per heavy atom. The second kappa shape index (κ2) is 5.33. The lowest BCUT2D eigenvalue weighted by Crippen LogP contribution is -2.34. The smallest absolute Gasteiger partial charge is 0.227 e. The quantitative estimate of drug-likeness (QED) is 0.551. The lowest BCUT2D eigenvalue weighted by molar-refractivity contribution is -0.524. The number of aryl methyl sites for hydroxylation is 2. The number of nitrogens with zero attached hydrogens (tertiary/aromatic N) is 2. The van der Waals surface area contributed by atoms with Crippen molar-refractivity contribution >= 4 is 16.4 Å². The van der Waals surface area contributed by atoms with Crippen LogP contribution in [-0.4, -0.2) is 4.57 Å². The summed E-state index contributed by atoms with van der Waals surface area (Å²) < 4.78 is 5.04. The molecule has 2 aromatic heterocycles. The predicted molar refractivity (Wildman–Crippen MR) is 105 cm³/mol. The van der Waals surface area contributed by atoms with Crippen molar-refractivity contribution < 1.29 is 4.40 Å². The van der Waals surface area contributed by atoms with Crippen LogP contribution in [0.4, 0.5) is 0 Å². The summed E-state index contributed by atoms with van der Waals surface area (Å²) in [5.41, 5.74) is 6.14. The molecule has 25 heavy (non-hydrogen) atoms. The first-order valence-corrected chi connectivity index (χ1v) is 9.80. The van der Waals surface area contributed by atoms with Gasteiger partial charge in [0.1, 0.15) is 17.6 Å². The Hall–Kier alpha value is -1.83. The van der Waals surface area contributed by atoms with Crippen molar-refractivity contribution in [2.75, 3.05) is 0 Å². The number of pyridine rings is 1. The molecule has 1 aliphatic heterocycles. The molecule has 0 spiro atoms. The summed E-state index contributed by atoms with van der Waals surface area (Å²) in [7, 11) is 0. The topological polar surface area (TPSA) is 9.03 Å². The Kier molecular flexibility index (Phi) is 3.55. The third-order valence-electron chi connectivity index (χ3n) is 6.60. The minimum absolute atomic E-state index is 0.117. The molecule has 3 aromatic rings. The van der Waals surface area contributed by atoms with E-state index >= 15 is 0 Å². The van der Waals surface area contributed by atoms with Gasteiger partial charge in [0.2, 0.25) is 0 Å². The zero-order chi connectivity index (χ0) is 18.0. The van der Waals surface area contributed by atoms with Gasteiger partial charge in [-0.3, -0.25) is 0 Å². The second-order valence-corrected chi connectivity index (χ2v) is 8.90. The molecule has 2 nitrogen and oxygen atoms in total. The number of benzene rings is 1. The first-order chi connectivity index (χ1) is 11.8. The molecule has 1 aliphatic rings. The summed E-state index contributed by atoms with van der Waals surface area (Å²) >= 11 is 0. The molecule has 0 saturated carbocycles. The van der Waals surface area contributed by atoms with Crippen LogP contribution in [0, 0.1) is 6.92 Å². The average molecular weight is 336 g/mol. The van der Waals surface area contributed by atoms with Crippen LogP contribution in [0.5, 0.6) is 0 Å². The number of hydrogen-bond acceptors (Lipinski definition) is 0. The first-order valence-electron chi connectivity index (χ1n) is 9.80. The van der Waals surface area contributed by atoms with E-state index in [4.69, 9.17) is 0 Å². The van der Waals surface area contributed by atoms with E-state index in [-0.39, 0.29) is 5.41 Å². The number of imidazole rings is 1. The Labute approximate surface area is 151 Å². The third-order valence-corrected chi connectivity index (χ3v) is 6.60. The minimum Gasteiger partial charge on any atom is -0.227 e. The lowest BCUT2D eigenvalue weighted by atomic mass is 9.72. The molecule has 0 atom stereocenters. The maximum Gasteiger partial charge on any atom is 0.294 e. The molecular weight excluding hydrogens is 304 g/mol. The molecule has 0 fully saturated rings. The zero-order valence-corrected chi connectivity index (χ0v) is 16.6. The Morgan fingerprint density at radius 1 is 1.16 bits per heavy atom. The summed E-state index contributed by atoms with van der Waals surface area (Å²) in [5.74, 6) is 0. The lowest BCUT2D eigenvalue weighted by Gasteiger charge is -2.31. The molecule has 2 heteroatoms. The van der Waals surface area contributed by atoms with E-state index in [0.29, 0.717) is 5.41 Å². The van der Waals surface area contributed by atoms with E-state index < -0.39 is 0 Å². The standard InChI is InChI=1S/C23H31N2/c1-7-23(8-2)12-13-24-16(3)15-25-19(22(4,5)6)14-17-10-9-11-18(23)20(17)21(24)25/h9-11,14-15H,7-8,12-13H2,1-6H3/q+1. The van der Waals surface area contributed by atoms with Gasteiger partial charge in [-0.05, 0) is 41.7 Å². The molecule has 0 bridgehead atoms. The SMILES string of the molecule is CCC1(CC)CCn2c(C)c[n+]3c(C(C)(C)C)cc4cccc1c4c23. The fourth-order valence-electron chi connectivity index (χ4n) is 4.96. The van der Waals surface area contributed by atoms with Gasteiger partial charge >= 0.3 is 0 Å². The van der Waals surface area contributed by atoms with Crippen LogP contribution in [0.3, 0.4) is 0 Å². The highest BCUT2D eigenvalue weighted by Gasteiger charge is 2.38. The van der Waals surface area contributed by atoms with Crippen molar-refractivity contribution in [2.24, 2.45) is 0 Å². The molecule has 0 N–H and O–H groups in total. The van der Waals surface area contributed by atoms with Crippen LogP contribution < -0.4 is 4.40 Å². The van der Waals surface area contributed by atoms with E-state index in [9.17, 15) is 0 Å². The van der Waals surface area contributed by atoms with Gasteiger partial charge in [-0.1, -0.05) is 52.8 Å². The van der Waals surface area contributed by atoms with Crippen molar-refractivity contribution in [3.05, 3.63) is 47.4 Å². The second-order valence-electron chi connectivity index (χ2n) is 8.90. The summed E-state index contributed by atoms with van der Waals surface area (Å²) in [6, 6.07) is 9.40. The largest absolute Gasteiger partial charge is 0.294 e. The molecular formula is C23H31N2+. The van der Waals surface area contributed by atoms with Crippen LogP contribution in [0.15, 0.2) is 30.5 Å². The molecule has 4 rings (SSSR count). The summed E-state index contributed by atoms with van der Waals surface area (Å²) in [4.78, 5) is 0. The summed E-state index contributed by atoms with van der Waals surface area (Å²) in [6.45, 7) is 15.1. The molecule has 0 aliphatic carbocycles. The summed E-state index contributed by atoms with van der Waals surface area (Å²) in [6.07, 6.45) is 5.99. The fraction of sp³-hybridized carbons (Fsp3) is 0.522. The van der Waals surface area contributed by atoms with E-state index in [0.717, 1.165) is 6.54 Å². The molecule has 0 unspecified atom stereocenters. The highest BCUT2D eigenvalue weighted by Crippen LogP contribution is 2.43. The van der Waals surface area contributed by atoms with Crippen LogP contribution in [-0.2, 0) is 17.4 Å². The van der Waals surface area contributed by atoms with Gasteiger partial charge < -0.3 is 0 Å². The fourth-order valence-corrected chi connectivity index (χ4v) is 4.96. The predicted octanol–water partition coefficient (Wildman–Crippen LogP) is 5.45. The van der Waals surface area contributed by atoms with Crippen LogP contribution >= 0.6 is 0 Å². The van der Waals surface area contributed by atoms with Gasteiger partial charge in [0.05, 0.1) is 11.9 Å². The molecule has 0 saturated heterocycles. The van der Waals surface area contributed by atoms with Gasteiger partial charge in [-0.25, -0.2) is 4.57 Å². The van der Waals surface area contributed by atoms with E-state index in [2.05, 4.69) is 81.0 Å². The molecule has 3 heterocycles. The van der Waals surface area contributed by atoms with E-state index in [1.807, 2.05) is 0 Å². The van der Waals surface area contributed by atoms with Crippen molar-refractivity contribution in [1.82, 2.24) is 4.57 Å². The van der Waals surface area contributed by atoms with Gasteiger partial charge in [-0.2, -0.15) is 4.40 Å². The van der Waals surface area contributed by atoms with Gasteiger partial charge in [-0.15, -0.1) is 0 Å². The number of hydrogen-bond donors (Lipinski definition) is 0. The maximum absolute atomic E-state index is 2.56. The van der Waals surface area contributed by atoms with Crippen LogP contribution in [0.25, 0.3) is 16.4 Å². The summed E-state index contributed by atoms with van der Waals surface area (Å²) in [5, 5.41) is 2.87. The Balaban J connectivity index is 2.25. The van der Waals surface area contributed by atoms with Crippen molar-refractivity contribution in [3.8, 4) is 0 Å². The third kappa shape index (κ3) is 2.19. The van der Waals surface area contributed by atoms with Crippen molar-refractivity contribution in [3.63, 3.8) is 0 Å². The van der Waals surface area contributed by atoms with E-state index in [1.165, 1.54) is 47.1 Å². The molecule has 0 radical (unpaired) electrons. The number of rotatable bonds is 2. The normalized spacial score (nSPS) is 16.7. The highest BCUT2D eigenvalue weighted by atomic mass is 15.1.